The quantitative estimate of drug-likeness (QED) is 0.752. The number of rotatable bonds is 4. The van der Waals surface area contributed by atoms with Gasteiger partial charge in [-0.15, -0.1) is 0 Å². The van der Waals surface area contributed by atoms with E-state index in [0.717, 1.165) is 25.1 Å². The number of halogens is 2. The third kappa shape index (κ3) is 3.33. The fraction of sp³-hybridized carbons (Fsp3) is 0.389. The summed E-state index contributed by atoms with van der Waals surface area (Å²) in [4.78, 5) is 6.15. The lowest BCUT2D eigenvalue weighted by molar-refractivity contribution is 0.190. The third-order valence-corrected chi connectivity index (χ3v) is 4.81. The summed E-state index contributed by atoms with van der Waals surface area (Å²) in [5.41, 5.74) is 1.83. The lowest BCUT2D eigenvalue weighted by Gasteiger charge is -2.31. The van der Waals surface area contributed by atoms with Gasteiger partial charge < -0.3 is 4.74 Å². The highest BCUT2D eigenvalue weighted by Gasteiger charge is 2.32. The second-order valence-electron chi connectivity index (χ2n) is 5.87. The van der Waals surface area contributed by atoms with E-state index in [4.69, 9.17) is 16.3 Å². The van der Waals surface area contributed by atoms with Crippen LogP contribution in [-0.4, -0.2) is 23.5 Å². The van der Waals surface area contributed by atoms with Crippen molar-refractivity contribution >= 4 is 11.6 Å². The number of ether oxygens (including phenoxy) is 1. The molecule has 3 rings (SSSR count). The van der Waals surface area contributed by atoms with Crippen LogP contribution in [0.3, 0.4) is 0 Å². The van der Waals surface area contributed by atoms with Crippen molar-refractivity contribution < 1.29 is 9.13 Å². The number of hydrogen-bond acceptors (Lipinski definition) is 3. The van der Waals surface area contributed by atoms with Crippen LogP contribution in [0.1, 0.15) is 43.0 Å². The maximum absolute atomic E-state index is 14.2. The van der Waals surface area contributed by atoms with Gasteiger partial charge in [0.05, 0.1) is 13.3 Å². The van der Waals surface area contributed by atoms with Crippen molar-refractivity contribution in [3.05, 3.63) is 58.6 Å². The second kappa shape index (κ2) is 6.85. The van der Waals surface area contributed by atoms with Crippen LogP contribution in [0.15, 0.2) is 36.5 Å². The van der Waals surface area contributed by atoms with Crippen molar-refractivity contribution in [2.45, 2.75) is 31.8 Å². The van der Waals surface area contributed by atoms with Crippen LogP contribution in [0.2, 0.25) is 5.15 Å². The monoisotopic (exact) mass is 334 g/mol. The van der Waals surface area contributed by atoms with E-state index in [9.17, 15) is 4.39 Å². The molecule has 1 saturated heterocycles. The zero-order valence-corrected chi connectivity index (χ0v) is 14.1. The van der Waals surface area contributed by atoms with Gasteiger partial charge in [-0.25, -0.2) is 9.37 Å². The largest absolute Gasteiger partial charge is 0.497 e. The van der Waals surface area contributed by atoms with Gasteiger partial charge in [-0.05, 0) is 50.1 Å². The van der Waals surface area contributed by atoms with E-state index in [1.54, 1.807) is 13.2 Å². The average Bonchev–Trinajstić information content (AvgIpc) is 3.06. The molecule has 0 aliphatic carbocycles. The predicted octanol–water partition coefficient (Wildman–Crippen LogP) is 4.78. The molecule has 0 saturated carbocycles. The van der Waals surface area contributed by atoms with Gasteiger partial charge >= 0.3 is 0 Å². The first-order valence-corrected chi connectivity index (χ1v) is 8.18. The molecule has 0 N–H and O–H groups in total. The first-order valence-electron chi connectivity index (χ1n) is 7.81. The Hall–Kier alpha value is -1.65. The molecular weight excluding hydrogens is 315 g/mol. The Morgan fingerprint density at radius 1 is 1.35 bits per heavy atom. The van der Waals surface area contributed by atoms with E-state index in [1.807, 2.05) is 12.1 Å². The summed E-state index contributed by atoms with van der Waals surface area (Å²) in [5.74, 6) is 0.555. The van der Waals surface area contributed by atoms with E-state index >= 15 is 0 Å². The minimum Gasteiger partial charge on any atom is -0.497 e. The van der Waals surface area contributed by atoms with Crippen molar-refractivity contribution in [3.8, 4) is 5.75 Å². The standard InChI is InChI=1S/C18H20ClFN2O/c1-12(13-5-7-14(23-2)8-6-13)22-9-3-4-17(22)15-10-18(19)21-11-16(15)20/h5-8,10-12,17H,3-4,9H2,1-2H3/t12?,17-/m0/s1. The van der Waals surface area contributed by atoms with E-state index < -0.39 is 0 Å². The molecular formula is C18H20ClFN2O. The van der Waals surface area contributed by atoms with Crippen LogP contribution < -0.4 is 4.74 Å². The van der Waals surface area contributed by atoms with Gasteiger partial charge in [0, 0.05) is 17.6 Å². The van der Waals surface area contributed by atoms with E-state index in [1.165, 1.54) is 11.8 Å². The molecule has 1 unspecified atom stereocenters. The van der Waals surface area contributed by atoms with Crippen LogP contribution >= 0.6 is 11.6 Å². The fourth-order valence-corrected chi connectivity index (χ4v) is 3.51. The maximum Gasteiger partial charge on any atom is 0.146 e. The highest BCUT2D eigenvalue weighted by atomic mass is 35.5. The van der Waals surface area contributed by atoms with Gasteiger partial charge in [-0.1, -0.05) is 23.7 Å². The molecule has 1 aromatic heterocycles. The molecule has 1 aliphatic rings. The van der Waals surface area contributed by atoms with Crippen molar-refractivity contribution in [2.75, 3.05) is 13.7 Å². The summed E-state index contributed by atoms with van der Waals surface area (Å²) in [7, 11) is 1.66. The Labute approximate surface area is 141 Å². The predicted molar refractivity (Wildman–Crippen MR) is 89.3 cm³/mol. The molecule has 2 aromatic rings. The van der Waals surface area contributed by atoms with Gasteiger partial charge in [0.25, 0.3) is 0 Å². The molecule has 0 radical (unpaired) electrons. The molecule has 5 heteroatoms. The molecule has 2 atom stereocenters. The van der Waals surface area contributed by atoms with Crippen molar-refractivity contribution in [2.24, 2.45) is 0 Å². The molecule has 122 valence electrons. The van der Waals surface area contributed by atoms with Crippen molar-refractivity contribution in [3.63, 3.8) is 0 Å². The normalized spacial score (nSPS) is 19.7. The van der Waals surface area contributed by atoms with Crippen molar-refractivity contribution in [1.29, 1.82) is 0 Å². The van der Waals surface area contributed by atoms with Crippen LogP contribution in [0.4, 0.5) is 4.39 Å². The molecule has 2 heterocycles. The molecule has 1 fully saturated rings. The number of pyridine rings is 1. The van der Waals surface area contributed by atoms with Crippen LogP contribution in [-0.2, 0) is 0 Å². The Kier molecular flexibility index (Phi) is 4.83. The third-order valence-electron chi connectivity index (χ3n) is 4.60. The van der Waals surface area contributed by atoms with E-state index in [0.29, 0.717) is 10.7 Å². The topological polar surface area (TPSA) is 25.4 Å². The van der Waals surface area contributed by atoms with Gasteiger partial charge in [-0.2, -0.15) is 0 Å². The summed E-state index contributed by atoms with van der Waals surface area (Å²) < 4.78 is 19.4. The summed E-state index contributed by atoms with van der Waals surface area (Å²) in [5, 5.41) is 0.338. The zero-order chi connectivity index (χ0) is 16.4. The lowest BCUT2D eigenvalue weighted by Crippen LogP contribution is -2.27. The van der Waals surface area contributed by atoms with Crippen LogP contribution in [0.25, 0.3) is 0 Å². The summed E-state index contributed by atoms with van der Waals surface area (Å²) in [6.45, 7) is 3.10. The first-order chi connectivity index (χ1) is 11.1. The Bertz CT molecular complexity index is 677. The van der Waals surface area contributed by atoms with Gasteiger partial charge in [0.1, 0.15) is 16.7 Å². The van der Waals surface area contributed by atoms with Gasteiger partial charge in [0.15, 0.2) is 0 Å². The molecule has 1 aromatic carbocycles. The molecule has 0 amide bonds. The maximum atomic E-state index is 14.2. The number of aromatic nitrogens is 1. The summed E-state index contributed by atoms with van der Waals surface area (Å²) in [6, 6.07) is 9.93. The Morgan fingerprint density at radius 2 is 2.09 bits per heavy atom. The highest BCUT2D eigenvalue weighted by Crippen LogP contribution is 2.39. The SMILES string of the molecule is COc1ccc(C(C)N2CCC[C@H]2c2cc(Cl)ncc2F)cc1. The van der Waals surface area contributed by atoms with Gasteiger partial charge in [-0.3, -0.25) is 4.90 Å². The minimum absolute atomic E-state index is 0.0348. The smallest absolute Gasteiger partial charge is 0.146 e. The molecule has 3 nitrogen and oxygen atoms in total. The van der Waals surface area contributed by atoms with Crippen LogP contribution in [0.5, 0.6) is 5.75 Å². The Morgan fingerprint density at radius 3 is 2.78 bits per heavy atom. The summed E-state index contributed by atoms with van der Waals surface area (Å²) >= 11 is 5.96. The summed E-state index contributed by atoms with van der Waals surface area (Å²) in [6.07, 6.45) is 3.19. The average molecular weight is 335 g/mol. The van der Waals surface area contributed by atoms with Crippen LogP contribution in [0, 0.1) is 5.82 Å². The number of likely N-dealkylation sites (tertiary alicyclic amines) is 1. The minimum atomic E-state index is -0.284. The first kappa shape index (κ1) is 16.2. The fourth-order valence-electron chi connectivity index (χ4n) is 3.34. The number of benzene rings is 1. The van der Waals surface area contributed by atoms with E-state index in [2.05, 4.69) is 28.9 Å². The highest BCUT2D eigenvalue weighted by molar-refractivity contribution is 6.29. The van der Waals surface area contributed by atoms with Crippen molar-refractivity contribution in [1.82, 2.24) is 9.88 Å². The van der Waals surface area contributed by atoms with E-state index in [-0.39, 0.29) is 17.9 Å². The van der Waals surface area contributed by atoms with Gasteiger partial charge in [0.2, 0.25) is 0 Å². The number of hydrogen-bond donors (Lipinski definition) is 0. The number of methoxy groups -OCH3 is 1. The lowest BCUT2D eigenvalue weighted by atomic mass is 10.0. The zero-order valence-electron chi connectivity index (χ0n) is 13.3. The Balaban J connectivity index is 1.86. The molecule has 23 heavy (non-hydrogen) atoms. The molecule has 0 spiro atoms. The number of nitrogens with zero attached hydrogens (tertiary/aromatic N) is 2. The molecule has 0 bridgehead atoms. The molecule has 1 aliphatic heterocycles. The second-order valence-corrected chi connectivity index (χ2v) is 6.26.